The predicted molar refractivity (Wildman–Crippen MR) is 103 cm³/mol. The fraction of sp³-hybridized carbons (Fsp3) is 0.632. The fourth-order valence-corrected chi connectivity index (χ4v) is 3.15. The molecular weight excluding hydrogens is 348 g/mol. The first-order valence-corrected chi connectivity index (χ1v) is 9.26. The number of carbonyl (C=O) groups is 2. The summed E-state index contributed by atoms with van der Waals surface area (Å²) in [6, 6.07) is 0.725. The van der Waals surface area contributed by atoms with Crippen molar-refractivity contribution in [2.45, 2.75) is 46.2 Å². The number of rotatable bonds is 7. The van der Waals surface area contributed by atoms with Gasteiger partial charge in [0, 0.05) is 50.1 Å². The van der Waals surface area contributed by atoms with Crippen LogP contribution in [0.15, 0.2) is 18.3 Å². The molecule has 0 aromatic carbocycles. The first kappa shape index (κ1) is 22.9. The molecule has 1 aromatic rings. The molecule has 1 aliphatic rings. The van der Waals surface area contributed by atoms with Crippen molar-refractivity contribution < 1.29 is 19.8 Å². The van der Waals surface area contributed by atoms with Crippen LogP contribution in [0.25, 0.3) is 0 Å². The minimum Gasteiger partial charge on any atom is -0.478 e. The van der Waals surface area contributed by atoms with Crippen LogP contribution >= 0.6 is 0 Å². The number of nitrogens with one attached hydrogen (secondary N) is 1. The molecule has 1 aromatic heterocycles. The molecule has 0 atom stereocenters. The van der Waals surface area contributed by atoms with E-state index in [1.54, 1.807) is 0 Å². The summed E-state index contributed by atoms with van der Waals surface area (Å²) in [5.41, 5.74) is 2.55. The lowest BCUT2D eigenvalue weighted by molar-refractivity contribution is -0.134. The van der Waals surface area contributed by atoms with E-state index in [-0.39, 0.29) is 0 Å². The first-order chi connectivity index (χ1) is 12.7. The quantitative estimate of drug-likeness (QED) is 0.617. The van der Waals surface area contributed by atoms with Gasteiger partial charge in [0.25, 0.3) is 0 Å². The highest BCUT2D eigenvalue weighted by Gasteiger charge is 2.22. The molecule has 0 saturated carbocycles. The van der Waals surface area contributed by atoms with Gasteiger partial charge in [0.15, 0.2) is 0 Å². The Balaban J connectivity index is 0.000000387. The normalized spacial score (nSPS) is 15.2. The number of carboxylic acid groups (broad SMARTS) is 2. The van der Waals surface area contributed by atoms with Gasteiger partial charge in [-0.25, -0.2) is 9.59 Å². The summed E-state index contributed by atoms with van der Waals surface area (Å²) in [4.78, 5) is 21.8. The maximum absolute atomic E-state index is 9.55. The summed E-state index contributed by atoms with van der Waals surface area (Å²) >= 11 is 0. The van der Waals surface area contributed by atoms with E-state index in [1.165, 1.54) is 30.6 Å². The van der Waals surface area contributed by atoms with E-state index in [9.17, 15) is 9.59 Å². The number of aliphatic carboxylic acids is 2. The predicted octanol–water partition coefficient (Wildman–Crippen LogP) is 1.65. The Bertz CT molecular complexity index is 618. The zero-order valence-electron chi connectivity index (χ0n) is 16.7. The van der Waals surface area contributed by atoms with Crippen LogP contribution in [-0.2, 0) is 23.2 Å². The van der Waals surface area contributed by atoms with E-state index in [4.69, 9.17) is 10.2 Å². The Hall–Kier alpha value is -2.19. The van der Waals surface area contributed by atoms with Gasteiger partial charge in [-0.2, -0.15) is 5.10 Å². The lowest BCUT2D eigenvalue weighted by Crippen LogP contribution is -2.44. The molecule has 0 unspecified atom stereocenters. The van der Waals surface area contributed by atoms with Crippen LogP contribution in [0.5, 0.6) is 0 Å². The number of hydrogen-bond acceptors (Lipinski definition) is 5. The van der Waals surface area contributed by atoms with Gasteiger partial charge in [-0.05, 0) is 38.8 Å². The van der Waals surface area contributed by atoms with Gasteiger partial charge in [-0.3, -0.25) is 9.58 Å². The summed E-state index contributed by atoms with van der Waals surface area (Å²) in [5, 5.41) is 23.5. The molecule has 2 rings (SSSR count). The summed E-state index contributed by atoms with van der Waals surface area (Å²) in [7, 11) is 2.01. The minimum absolute atomic E-state index is 0.558. The number of hydrogen-bond donors (Lipinski definition) is 3. The maximum Gasteiger partial charge on any atom is 0.328 e. The van der Waals surface area contributed by atoms with Gasteiger partial charge in [-0.15, -0.1) is 0 Å². The number of piperidine rings is 1. The molecular formula is C19H32N4O4. The highest BCUT2D eigenvalue weighted by molar-refractivity contribution is 5.89. The molecule has 0 aliphatic carbocycles. The summed E-state index contributed by atoms with van der Waals surface area (Å²) in [5.74, 6) is -1.80. The highest BCUT2D eigenvalue weighted by Crippen LogP contribution is 2.18. The van der Waals surface area contributed by atoms with Gasteiger partial charge in [-0.1, -0.05) is 13.8 Å². The number of nitrogens with zero attached hydrogens (tertiary/aromatic N) is 3. The average molecular weight is 380 g/mol. The van der Waals surface area contributed by atoms with Gasteiger partial charge in [0.05, 0.1) is 5.69 Å². The third-order valence-corrected chi connectivity index (χ3v) is 4.28. The summed E-state index contributed by atoms with van der Waals surface area (Å²) in [6.07, 6.45) is 5.83. The molecule has 0 amide bonds. The van der Waals surface area contributed by atoms with Crippen molar-refractivity contribution in [3.8, 4) is 0 Å². The first-order valence-electron chi connectivity index (χ1n) is 9.26. The molecule has 0 radical (unpaired) electrons. The molecule has 2 heterocycles. The number of aromatic nitrogens is 2. The standard InChI is InChI=1S/C15H28N4.C4H4O4/c1-12(2)9-19(15-5-7-16-8-6-15)11-14-10-18(4)17-13(14)3;5-3(6)1-2-4(7)8/h10,12,15-16H,5-9,11H2,1-4H3;1-2H,(H,5,6)(H,7,8). The monoisotopic (exact) mass is 380 g/mol. The van der Waals surface area contributed by atoms with Crippen LogP contribution in [0.2, 0.25) is 0 Å². The van der Waals surface area contributed by atoms with E-state index in [2.05, 4.69) is 42.3 Å². The van der Waals surface area contributed by atoms with E-state index >= 15 is 0 Å². The lowest BCUT2D eigenvalue weighted by atomic mass is 10.0. The lowest BCUT2D eigenvalue weighted by Gasteiger charge is -2.35. The van der Waals surface area contributed by atoms with E-state index < -0.39 is 11.9 Å². The van der Waals surface area contributed by atoms with Crippen LogP contribution in [0.1, 0.15) is 37.9 Å². The second kappa shape index (κ2) is 11.5. The molecule has 152 valence electrons. The Labute approximate surface area is 160 Å². The van der Waals surface area contributed by atoms with Gasteiger partial charge in [0.1, 0.15) is 0 Å². The van der Waals surface area contributed by atoms with Gasteiger partial charge < -0.3 is 15.5 Å². The minimum atomic E-state index is -1.26. The highest BCUT2D eigenvalue weighted by atomic mass is 16.4. The molecule has 1 fully saturated rings. The van der Waals surface area contributed by atoms with Crippen molar-refractivity contribution in [2.75, 3.05) is 19.6 Å². The largest absolute Gasteiger partial charge is 0.478 e. The topological polar surface area (TPSA) is 108 Å². The molecule has 27 heavy (non-hydrogen) atoms. The zero-order chi connectivity index (χ0) is 20.4. The van der Waals surface area contributed by atoms with Crippen molar-refractivity contribution >= 4 is 11.9 Å². The second-order valence-electron chi connectivity index (χ2n) is 7.23. The van der Waals surface area contributed by atoms with Gasteiger partial charge >= 0.3 is 11.9 Å². The van der Waals surface area contributed by atoms with Crippen LogP contribution < -0.4 is 5.32 Å². The Kier molecular flexibility index (Phi) is 9.74. The van der Waals surface area contributed by atoms with Crippen LogP contribution in [0.4, 0.5) is 0 Å². The second-order valence-corrected chi connectivity index (χ2v) is 7.23. The average Bonchev–Trinajstić information content (AvgIpc) is 2.91. The van der Waals surface area contributed by atoms with Crippen molar-refractivity contribution in [2.24, 2.45) is 13.0 Å². The number of carboxylic acids is 2. The molecule has 0 spiro atoms. The molecule has 8 nitrogen and oxygen atoms in total. The SMILES string of the molecule is Cc1nn(C)cc1CN(CC(C)C)C1CCNCC1.O=C(O)C=CC(=O)O. The molecule has 0 bridgehead atoms. The Morgan fingerprint density at radius 3 is 2.26 bits per heavy atom. The number of aryl methyl sites for hydroxylation is 2. The van der Waals surface area contributed by atoms with E-state index in [0.29, 0.717) is 18.1 Å². The molecule has 1 saturated heterocycles. The summed E-state index contributed by atoms with van der Waals surface area (Å²) < 4.78 is 1.93. The third kappa shape index (κ3) is 9.35. The maximum atomic E-state index is 9.55. The molecule has 1 aliphatic heterocycles. The molecule has 3 N–H and O–H groups in total. The molecule has 8 heteroatoms. The van der Waals surface area contributed by atoms with E-state index in [0.717, 1.165) is 25.7 Å². The van der Waals surface area contributed by atoms with Crippen LogP contribution in [0.3, 0.4) is 0 Å². The van der Waals surface area contributed by atoms with Gasteiger partial charge in [0.2, 0.25) is 0 Å². The zero-order valence-corrected chi connectivity index (χ0v) is 16.7. The van der Waals surface area contributed by atoms with Crippen LogP contribution in [-0.4, -0.2) is 62.5 Å². The summed E-state index contributed by atoms with van der Waals surface area (Å²) in [6.45, 7) is 11.3. The van der Waals surface area contributed by atoms with Crippen molar-refractivity contribution in [1.82, 2.24) is 20.0 Å². The van der Waals surface area contributed by atoms with E-state index in [1.807, 2.05) is 11.7 Å². The Morgan fingerprint density at radius 2 is 1.85 bits per heavy atom. The Morgan fingerprint density at radius 1 is 1.30 bits per heavy atom. The smallest absolute Gasteiger partial charge is 0.328 e. The van der Waals surface area contributed by atoms with Crippen molar-refractivity contribution in [3.05, 3.63) is 29.6 Å². The fourth-order valence-electron chi connectivity index (χ4n) is 3.15. The van der Waals surface area contributed by atoms with Crippen LogP contribution in [0, 0.1) is 12.8 Å². The third-order valence-electron chi connectivity index (χ3n) is 4.28. The van der Waals surface area contributed by atoms with Crippen molar-refractivity contribution in [1.29, 1.82) is 0 Å². The van der Waals surface area contributed by atoms with Crippen molar-refractivity contribution in [3.63, 3.8) is 0 Å².